The van der Waals surface area contributed by atoms with Crippen molar-refractivity contribution in [3.63, 3.8) is 0 Å². The van der Waals surface area contributed by atoms with Crippen LogP contribution >= 0.6 is 0 Å². The molecule has 0 aliphatic heterocycles. The van der Waals surface area contributed by atoms with Crippen LogP contribution in [0.3, 0.4) is 0 Å². The molecule has 1 aromatic carbocycles. The SMILES string of the molecule is O=C(O)[C@@H]1C[C@H]1c1cc(F)ccc1[N+](=O)[O-]. The van der Waals surface area contributed by atoms with Crippen LogP contribution in [0.5, 0.6) is 0 Å². The van der Waals surface area contributed by atoms with Crippen molar-refractivity contribution in [1.82, 2.24) is 0 Å². The summed E-state index contributed by atoms with van der Waals surface area (Å²) in [6.07, 6.45) is 0.333. The number of hydrogen-bond acceptors (Lipinski definition) is 3. The minimum absolute atomic E-state index is 0.178. The summed E-state index contributed by atoms with van der Waals surface area (Å²) in [6.45, 7) is 0. The molecule has 0 heterocycles. The van der Waals surface area contributed by atoms with Gasteiger partial charge in [-0.15, -0.1) is 0 Å². The summed E-state index contributed by atoms with van der Waals surface area (Å²) in [5, 5.41) is 19.4. The molecule has 2 atom stereocenters. The molecule has 1 fully saturated rings. The number of hydrogen-bond donors (Lipinski definition) is 1. The molecule has 0 amide bonds. The molecular formula is C10H8FNO4. The van der Waals surface area contributed by atoms with E-state index >= 15 is 0 Å². The Hall–Kier alpha value is -1.98. The summed E-state index contributed by atoms with van der Waals surface area (Å²) in [5.41, 5.74) is -0.0347. The second-order valence-electron chi connectivity index (χ2n) is 3.75. The number of carboxylic acids is 1. The van der Waals surface area contributed by atoms with Crippen molar-refractivity contribution >= 4 is 11.7 Å². The van der Waals surface area contributed by atoms with Crippen LogP contribution in [0.25, 0.3) is 0 Å². The number of rotatable bonds is 3. The standard InChI is InChI=1S/C10H8FNO4/c11-5-1-2-9(12(15)16)7(3-5)6-4-8(6)10(13)14/h1-3,6,8H,4H2,(H,13,14)/t6-,8+/m0/s1. The van der Waals surface area contributed by atoms with Crippen LogP contribution in [0.15, 0.2) is 18.2 Å². The van der Waals surface area contributed by atoms with Crippen molar-refractivity contribution in [2.75, 3.05) is 0 Å². The van der Waals surface area contributed by atoms with E-state index in [1.807, 2.05) is 0 Å². The Morgan fingerprint density at radius 1 is 1.56 bits per heavy atom. The van der Waals surface area contributed by atoms with Crippen molar-refractivity contribution in [3.8, 4) is 0 Å². The topological polar surface area (TPSA) is 80.4 Å². The van der Waals surface area contributed by atoms with E-state index in [0.717, 1.165) is 18.2 Å². The summed E-state index contributed by atoms with van der Waals surface area (Å²) >= 11 is 0. The van der Waals surface area contributed by atoms with E-state index in [-0.39, 0.29) is 11.3 Å². The fourth-order valence-electron chi connectivity index (χ4n) is 1.80. The van der Waals surface area contributed by atoms with Crippen LogP contribution in [0.1, 0.15) is 17.9 Å². The number of halogens is 1. The van der Waals surface area contributed by atoms with E-state index in [1.165, 1.54) is 0 Å². The highest BCUT2D eigenvalue weighted by molar-refractivity contribution is 5.76. The van der Waals surface area contributed by atoms with Crippen LogP contribution in [-0.4, -0.2) is 16.0 Å². The number of nitro benzene ring substituents is 1. The number of nitrogens with zero attached hydrogens (tertiary/aromatic N) is 1. The lowest BCUT2D eigenvalue weighted by molar-refractivity contribution is -0.385. The van der Waals surface area contributed by atoms with Crippen molar-refractivity contribution < 1.29 is 19.2 Å². The largest absolute Gasteiger partial charge is 0.481 e. The smallest absolute Gasteiger partial charge is 0.307 e. The van der Waals surface area contributed by atoms with Gasteiger partial charge < -0.3 is 5.11 Å². The lowest BCUT2D eigenvalue weighted by Gasteiger charge is -2.01. The molecule has 0 radical (unpaired) electrons. The maximum Gasteiger partial charge on any atom is 0.307 e. The minimum atomic E-state index is -0.997. The first-order valence-corrected chi connectivity index (χ1v) is 4.67. The van der Waals surface area contributed by atoms with Gasteiger partial charge in [-0.3, -0.25) is 14.9 Å². The first-order chi connectivity index (χ1) is 7.50. The van der Waals surface area contributed by atoms with E-state index in [9.17, 15) is 19.3 Å². The van der Waals surface area contributed by atoms with E-state index in [0.29, 0.717) is 6.42 Å². The van der Waals surface area contributed by atoms with E-state index in [2.05, 4.69) is 0 Å². The third-order valence-electron chi connectivity index (χ3n) is 2.69. The van der Waals surface area contributed by atoms with E-state index in [4.69, 9.17) is 5.11 Å². The number of benzene rings is 1. The summed E-state index contributed by atoms with van der Waals surface area (Å²) in [7, 11) is 0. The normalized spacial score (nSPS) is 22.8. The second kappa shape index (κ2) is 3.55. The molecule has 5 nitrogen and oxygen atoms in total. The number of carbonyl (C=O) groups is 1. The molecule has 0 aromatic heterocycles. The molecule has 1 saturated carbocycles. The van der Waals surface area contributed by atoms with Gasteiger partial charge in [-0.1, -0.05) is 0 Å². The Balaban J connectivity index is 2.37. The van der Waals surface area contributed by atoms with Gasteiger partial charge in [0, 0.05) is 17.5 Å². The quantitative estimate of drug-likeness (QED) is 0.629. The highest BCUT2D eigenvalue weighted by Gasteiger charge is 2.47. The maximum absolute atomic E-state index is 13.0. The molecule has 16 heavy (non-hydrogen) atoms. The molecule has 84 valence electrons. The average molecular weight is 225 g/mol. The fraction of sp³-hybridized carbons (Fsp3) is 0.300. The van der Waals surface area contributed by atoms with Gasteiger partial charge in [-0.25, -0.2) is 4.39 Å². The molecule has 1 aliphatic rings. The summed E-state index contributed by atoms with van der Waals surface area (Å²) < 4.78 is 13.0. The van der Waals surface area contributed by atoms with Gasteiger partial charge in [0.2, 0.25) is 0 Å². The number of aliphatic carboxylic acids is 1. The van der Waals surface area contributed by atoms with Gasteiger partial charge in [-0.05, 0) is 18.6 Å². The monoisotopic (exact) mass is 225 g/mol. The molecule has 1 N–H and O–H groups in total. The zero-order valence-electron chi connectivity index (χ0n) is 8.09. The summed E-state index contributed by atoms with van der Waals surface area (Å²) in [5.74, 6) is -2.64. The van der Waals surface area contributed by atoms with Crippen LogP contribution in [0.2, 0.25) is 0 Å². The third kappa shape index (κ3) is 1.73. The molecule has 1 aromatic rings. The highest BCUT2D eigenvalue weighted by atomic mass is 19.1. The molecule has 6 heteroatoms. The predicted molar refractivity (Wildman–Crippen MR) is 51.5 cm³/mol. The summed E-state index contributed by atoms with van der Waals surface area (Å²) in [4.78, 5) is 20.7. The second-order valence-corrected chi connectivity index (χ2v) is 3.75. The Kier molecular flexibility index (Phi) is 2.34. The average Bonchev–Trinajstić information content (AvgIpc) is 2.96. The van der Waals surface area contributed by atoms with Gasteiger partial charge >= 0.3 is 5.97 Å². The molecule has 1 aliphatic carbocycles. The Labute approximate surface area is 89.7 Å². The van der Waals surface area contributed by atoms with Crippen LogP contribution in [0, 0.1) is 21.8 Å². The lowest BCUT2D eigenvalue weighted by atomic mass is 10.1. The fourth-order valence-corrected chi connectivity index (χ4v) is 1.80. The maximum atomic E-state index is 13.0. The Morgan fingerprint density at radius 3 is 2.75 bits per heavy atom. The van der Waals surface area contributed by atoms with Crippen molar-refractivity contribution in [2.24, 2.45) is 5.92 Å². The third-order valence-corrected chi connectivity index (χ3v) is 2.69. The minimum Gasteiger partial charge on any atom is -0.481 e. The van der Waals surface area contributed by atoms with Gasteiger partial charge in [0.1, 0.15) is 5.82 Å². The van der Waals surface area contributed by atoms with Crippen molar-refractivity contribution in [1.29, 1.82) is 0 Å². The predicted octanol–water partition coefficient (Wildman–Crippen LogP) is 1.92. The van der Waals surface area contributed by atoms with Gasteiger partial charge in [0.25, 0.3) is 5.69 Å². The van der Waals surface area contributed by atoms with Crippen LogP contribution in [-0.2, 0) is 4.79 Å². The van der Waals surface area contributed by atoms with Crippen molar-refractivity contribution in [2.45, 2.75) is 12.3 Å². The number of nitro groups is 1. The zero-order chi connectivity index (χ0) is 11.9. The zero-order valence-corrected chi connectivity index (χ0v) is 8.09. The first kappa shape index (κ1) is 10.5. The highest BCUT2D eigenvalue weighted by Crippen LogP contribution is 2.50. The van der Waals surface area contributed by atoms with Crippen molar-refractivity contribution in [3.05, 3.63) is 39.7 Å². The van der Waals surface area contributed by atoms with Gasteiger partial charge in [0.05, 0.1) is 10.8 Å². The molecular weight excluding hydrogens is 217 g/mol. The van der Waals surface area contributed by atoms with Crippen LogP contribution < -0.4 is 0 Å². The Morgan fingerprint density at radius 2 is 2.25 bits per heavy atom. The molecule has 2 rings (SSSR count). The van der Waals surface area contributed by atoms with Gasteiger partial charge in [0.15, 0.2) is 0 Å². The van der Waals surface area contributed by atoms with Gasteiger partial charge in [-0.2, -0.15) is 0 Å². The molecule has 0 unspecified atom stereocenters. The van der Waals surface area contributed by atoms with Crippen LogP contribution in [0.4, 0.5) is 10.1 Å². The first-order valence-electron chi connectivity index (χ1n) is 4.67. The lowest BCUT2D eigenvalue weighted by Crippen LogP contribution is -2.01. The van der Waals surface area contributed by atoms with E-state index in [1.54, 1.807) is 0 Å². The van der Waals surface area contributed by atoms with E-state index < -0.39 is 28.5 Å². The molecule has 0 spiro atoms. The molecule has 0 saturated heterocycles. The summed E-state index contributed by atoms with van der Waals surface area (Å²) in [6, 6.07) is 3.12. The molecule has 0 bridgehead atoms. The number of carboxylic acid groups (broad SMARTS) is 1. The Bertz CT molecular complexity index is 474.